The molecule has 1 aromatic carbocycles. The van der Waals surface area contributed by atoms with Gasteiger partial charge in [-0.15, -0.1) is 16.4 Å². The van der Waals surface area contributed by atoms with Crippen molar-refractivity contribution >= 4 is 40.0 Å². The third-order valence-corrected chi connectivity index (χ3v) is 4.63. The van der Waals surface area contributed by atoms with Gasteiger partial charge in [-0.2, -0.15) is 8.75 Å². The molecule has 3 heterocycles. The molecule has 0 aliphatic carbocycles. The van der Waals surface area contributed by atoms with Gasteiger partial charge in [0, 0.05) is 5.56 Å². The normalized spacial score (nSPS) is 11.0. The molecule has 0 saturated heterocycles. The Bertz CT molecular complexity index is 959. The number of carbonyl (C=O) groups is 1. The lowest BCUT2D eigenvalue weighted by molar-refractivity contribution is 0.0950. The highest BCUT2D eigenvalue weighted by Gasteiger charge is 2.10. The predicted octanol–water partition coefficient (Wildman–Crippen LogP) is 2.26. The molecule has 0 saturated carbocycles. The Kier molecular flexibility index (Phi) is 3.56. The fourth-order valence-electron chi connectivity index (χ4n) is 2.08. The Morgan fingerprint density at radius 1 is 1.22 bits per heavy atom. The van der Waals surface area contributed by atoms with Crippen LogP contribution in [0.5, 0.6) is 0 Å². The first-order chi connectivity index (χ1) is 11.3. The van der Waals surface area contributed by atoms with E-state index in [-0.39, 0.29) is 5.91 Å². The lowest BCUT2D eigenvalue weighted by atomic mass is 10.2. The molecule has 0 bridgehead atoms. The van der Waals surface area contributed by atoms with E-state index in [0.717, 1.165) is 27.8 Å². The summed E-state index contributed by atoms with van der Waals surface area (Å²) < 4.78 is 9.95. The molecule has 4 aromatic rings. The molecule has 0 aliphatic rings. The van der Waals surface area contributed by atoms with Gasteiger partial charge in [-0.25, -0.2) is 4.68 Å². The number of hydrogen-bond donors (Lipinski definition) is 1. The first-order valence-electron chi connectivity index (χ1n) is 6.75. The van der Waals surface area contributed by atoms with Crippen molar-refractivity contribution in [2.45, 2.75) is 6.54 Å². The van der Waals surface area contributed by atoms with Crippen LogP contribution in [-0.4, -0.2) is 29.6 Å². The first kappa shape index (κ1) is 14.0. The zero-order chi connectivity index (χ0) is 15.6. The molecule has 0 fully saturated rings. The number of rotatable bonds is 4. The van der Waals surface area contributed by atoms with E-state index < -0.39 is 0 Å². The maximum Gasteiger partial charge on any atom is 0.251 e. The molecule has 114 valence electrons. The lowest BCUT2D eigenvalue weighted by Crippen LogP contribution is -2.22. The Hall–Kier alpha value is -2.65. The minimum absolute atomic E-state index is 0.175. The van der Waals surface area contributed by atoms with Gasteiger partial charge >= 0.3 is 0 Å². The molecule has 9 heteroatoms. The van der Waals surface area contributed by atoms with Crippen molar-refractivity contribution in [3.05, 3.63) is 53.2 Å². The number of nitrogens with zero attached hydrogens (tertiary/aromatic N) is 5. The molecule has 0 unspecified atom stereocenters. The van der Waals surface area contributed by atoms with Crippen LogP contribution in [0.3, 0.4) is 0 Å². The van der Waals surface area contributed by atoms with E-state index >= 15 is 0 Å². The number of aromatic nitrogens is 5. The van der Waals surface area contributed by atoms with Crippen molar-refractivity contribution in [1.82, 2.24) is 29.1 Å². The number of nitrogens with one attached hydrogen (secondary N) is 1. The second kappa shape index (κ2) is 5.86. The Morgan fingerprint density at radius 2 is 2.13 bits per heavy atom. The summed E-state index contributed by atoms with van der Waals surface area (Å²) in [4.78, 5) is 12.2. The van der Waals surface area contributed by atoms with Crippen LogP contribution in [0.25, 0.3) is 16.0 Å². The van der Waals surface area contributed by atoms with Crippen LogP contribution in [0.4, 0.5) is 0 Å². The summed E-state index contributed by atoms with van der Waals surface area (Å²) in [5, 5.41) is 13.9. The molecular weight excluding hydrogens is 332 g/mol. The van der Waals surface area contributed by atoms with Crippen molar-refractivity contribution < 1.29 is 4.79 Å². The third kappa shape index (κ3) is 2.83. The second-order valence-corrected chi connectivity index (χ2v) is 6.21. The molecule has 0 spiro atoms. The van der Waals surface area contributed by atoms with E-state index in [9.17, 15) is 4.79 Å². The Morgan fingerprint density at radius 3 is 3.00 bits per heavy atom. The summed E-state index contributed by atoms with van der Waals surface area (Å²) in [5.74, 6) is -0.175. The van der Waals surface area contributed by atoms with E-state index in [2.05, 4.69) is 24.4 Å². The van der Waals surface area contributed by atoms with Crippen LogP contribution >= 0.6 is 23.1 Å². The molecule has 3 aromatic heterocycles. The van der Waals surface area contributed by atoms with Crippen LogP contribution < -0.4 is 5.32 Å². The predicted molar refractivity (Wildman–Crippen MR) is 87.8 cm³/mol. The van der Waals surface area contributed by atoms with E-state index in [1.165, 1.54) is 0 Å². The van der Waals surface area contributed by atoms with Crippen LogP contribution in [0, 0.1) is 0 Å². The van der Waals surface area contributed by atoms with E-state index in [0.29, 0.717) is 17.8 Å². The maximum absolute atomic E-state index is 12.2. The van der Waals surface area contributed by atoms with E-state index in [1.54, 1.807) is 40.4 Å². The highest BCUT2D eigenvalue weighted by molar-refractivity contribution is 7.12. The zero-order valence-electron chi connectivity index (χ0n) is 11.7. The SMILES string of the molecule is O=C(NCc1cn(-c2cccs2)nn1)c1ccc2nsnc2c1. The van der Waals surface area contributed by atoms with Crippen LogP contribution in [0.2, 0.25) is 0 Å². The van der Waals surface area contributed by atoms with E-state index in [4.69, 9.17) is 0 Å². The summed E-state index contributed by atoms with van der Waals surface area (Å²) in [6.07, 6.45) is 1.81. The van der Waals surface area contributed by atoms with Gasteiger partial charge in [0.2, 0.25) is 0 Å². The highest BCUT2D eigenvalue weighted by atomic mass is 32.1. The quantitative estimate of drug-likeness (QED) is 0.615. The molecule has 23 heavy (non-hydrogen) atoms. The monoisotopic (exact) mass is 342 g/mol. The number of carbonyl (C=O) groups excluding carboxylic acids is 1. The maximum atomic E-state index is 12.2. The van der Waals surface area contributed by atoms with Crippen LogP contribution in [0.1, 0.15) is 16.1 Å². The molecule has 0 atom stereocenters. The second-order valence-electron chi connectivity index (χ2n) is 4.76. The lowest BCUT2D eigenvalue weighted by Gasteiger charge is -2.02. The van der Waals surface area contributed by atoms with Gasteiger partial charge < -0.3 is 5.32 Å². The highest BCUT2D eigenvalue weighted by Crippen LogP contribution is 2.15. The first-order valence-corrected chi connectivity index (χ1v) is 8.36. The molecule has 7 nitrogen and oxygen atoms in total. The summed E-state index contributed by atoms with van der Waals surface area (Å²) >= 11 is 2.71. The molecule has 1 N–H and O–H groups in total. The molecule has 1 amide bonds. The minimum atomic E-state index is -0.175. The van der Waals surface area contributed by atoms with Gasteiger partial charge in [0.25, 0.3) is 5.91 Å². The van der Waals surface area contributed by atoms with Gasteiger partial charge in [-0.1, -0.05) is 5.21 Å². The number of benzene rings is 1. The van der Waals surface area contributed by atoms with Crippen molar-refractivity contribution in [2.75, 3.05) is 0 Å². The summed E-state index contributed by atoms with van der Waals surface area (Å²) in [5.41, 5.74) is 2.77. The molecule has 0 aliphatic heterocycles. The fraction of sp³-hybridized carbons (Fsp3) is 0.0714. The molecule has 4 rings (SSSR count). The Balaban J connectivity index is 1.45. The number of thiophene rings is 1. The average Bonchev–Trinajstić information content (AvgIpc) is 3.32. The standard InChI is InChI=1S/C14H10N6OS2/c21-14(9-3-4-11-12(6-9)18-23-17-11)15-7-10-8-20(19-16-10)13-2-1-5-22-13/h1-6,8H,7H2,(H,15,21). The topological polar surface area (TPSA) is 85.6 Å². The van der Waals surface area contributed by atoms with Gasteiger partial charge in [-0.3, -0.25) is 4.79 Å². The minimum Gasteiger partial charge on any atom is -0.346 e. The van der Waals surface area contributed by atoms with Crippen LogP contribution in [-0.2, 0) is 6.54 Å². The Labute approximate surface area is 138 Å². The number of hydrogen-bond acceptors (Lipinski definition) is 7. The molecule has 0 radical (unpaired) electrons. The van der Waals surface area contributed by atoms with Crippen molar-refractivity contribution in [1.29, 1.82) is 0 Å². The summed E-state index contributed by atoms with van der Waals surface area (Å²) in [6.45, 7) is 0.317. The van der Waals surface area contributed by atoms with Gasteiger partial charge in [0.15, 0.2) is 0 Å². The van der Waals surface area contributed by atoms with Gasteiger partial charge in [-0.05, 0) is 35.7 Å². The average molecular weight is 342 g/mol. The van der Waals surface area contributed by atoms with Gasteiger partial charge in [0.1, 0.15) is 21.7 Å². The summed E-state index contributed by atoms with van der Waals surface area (Å²) in [6, 6.07) is 9.17. The summed E-state index contributed by atoms with van der Waals surface area (Å²) in [7, 11) is 0. The number of fused-ring (bicyclic) bond motifs is 1. The largest absolute Gasteiger partial charge is 0.346 e. The van der Waals surface area contributed by atoms with Crippen LogP contribution in [0.15, 0.2) is 41.9 Å². The number of amides is 1. The van der Waals surface area contributed by atoms with Crippen molar-refractivity contribution in [2.24, 2.45) is 0 Å². The van der Waals surface area contributed by atoms with E-state index in [1.807, 2.05) is 17.5 Å². The van der Waals surface area contributed by atoms with Crippen molar-refractivity contribution in [3.63, 3.8) is 0 Å². The van der Waals surface area contributed by atoms with Crippen molar-refractivity contribution in [3.8, 4) is 5.00 Å². The van der Waals surface area contributed by atoms with Gasteiger partial charge in [0.05, 0.1) is 24.5 Å². The fourth-order valence-corrected chi connectivity index (χ4v) is 3.25. The third-order valence-electron chi connectivity index (χ3n) is 3.22. The molecular formula is C14H10N6OS2. The zero-order valence-corrected chi connectivity index (χ0v) is 13.3. The smallest absolute Gasteiger partial charge is 0.251 e.